The molecule has 5 nitrogen and oxygen atoms in total. The summed E-state index contributed by atoms with van der Waals surface area (Å²) in [5.41, 5.74) is 7.55. The summed E-state index contributed by atoms with van der Waals surface area (Å²) in [5, 5.41) is 7.46. The minimum Gasteiger partial charge on any atom is -0.355 e. The number of nitrogens with zero attached hydrogens (tertiary/aromatic N) is 2. The molecule has 0 saturated heterocycles. The van der Waals surface area contributed by atoms with Crippen molar-refractivity contribution in [2.24, 2.45) is 11.7 Å². The molecule has 2 aromatic rings. The van der Waals surface area contributed by atoms with Crippen molar-refractivity contribution in [3.8, 4) is 5.69 Å². The first-order valence-electron chi connectivity index (χ1n) is 8.83. The number of rotatable bonds is 5. The van der Waals surface area contributed by atoms with E-state index < -0.39 is 5.54 Å². The molecule has 2 unspecified atom stereocenters. The van der Waals surface area contributed by atoms with Crippen LogP contribution in [0.2, 0.25) is 0 Å². The Bertz CT molecular complexity index is 729. The second-order valence-corrected chi connectivity index (χ2v) is 7.07. The molecule has 26 heavy (non-hydrogen) atoms. The number of carbonyl (C=O) groups excluding carboxylic acids is 1. The quantitative estimate of drug-likeness (QED) is 0.837. The van der Waals surface area contributed by atoms with Gasteiger partial charge < -0.3 is 11.1 Å². The first-order valence-corrected chi connectivity index (χ1v) is 8.83. The third kappa shape index (κ3) is 4.83. The maximum absolute atomic E-state index is 13.0. The van der Waals surface area contributed by atoms with Crippen LogP contribution in [0.3, 0.4) is 0 Å². The monoisotopic (exact) mass is 380 g/mol. The molecule has 2 atom stereocenters. The lowest BCUT2D eigenvalue weighted by atomic mass is 9.74. The van der Waals surface area contributed by atoms with Crippen LogP contribution in [-0.4, -0.2) is 27.8 Å². The second kappa shape index (κ2) is 8.64. The van der Waals surface area contributed by atoms with Crippen molar-refractivity contribution >= 4 is 18.3 Å². The molecule has 1 heterocycles. The first-order chi connectivity index (χ1) is 12.0. The van der Waals surface area contributed by atoms with Crippen molar-refractivity contribution in [1.82, 2.24) is 15.1 Å². The van der Waals surface area contributed by atoms with E-state index in [1.54, 1.807) is 16.8 Å². The third-order valence-electron chi connectivity index (χ3n) is 4.99. The predicted octanol–water partition coefficient (Wildman–Crippen LogP) is 3.00. The molecule has 1 amide bonds. The normalized spacial score (nSPS) is 22.5. The molecule has 0 radical (unpaired) electrons. The molecule has 1 aliphatic rings. The van der Waals surface area contributed by atoms with Crippen LogP contribution < -0.4 is 11.1 Å². The van der Waals surface area contributed by atoms with Gasteiger partial charge >= 0.3 is 0 Å². The minimum absolute atomic E-state index is 0. The average molecular weight is 381 g/mol. The molecular formula is C19H26ClFN4O. The van der Waals surface area contributed by atoms with Crippen LogP contribution in [0.25, 0.3) is 5.69 Å². The summed E-state index contributed by atoms with van der Waals surface area (Å²) < 4.78 is 14.7. The summed E-state index contributed by atoms with van der Waals surface area (Å²) in [6, 6.07) is 8.08. The van der Waals surface area contributed by atoms with Crippen molar-refractivity contribution in [3.63, 3.8) is 0 Å². The number of aromatic nitrogens is 2. The van der Waals surface area contributed by atoms with Crippen LogP contribution in [0, 0.1) is 11.7 Å². The van der Waals surface area contributed by atoms with Gasteiger partial charge in [0.2, 0.25) is 5.91 Å². The standard InChI is InChI=1S/C19H25FN4O.ClH/c1-19(21)11-3-2-4-17(19)18(25)22-12-9-15-10-13-24(23-15)16-7-5-14(20)6-8-16;/h5-8,10,13,17H,2-4,9,11-12,21H2,1H3,(H,22,25);1H. The van der Waals surface area contributed by atoms with Gasteiger partial charge in [-0.25, -0.2) is 9.07 Å². The molecule has 7 heteroatoms. The molecule has 1 fully saturated rings. The third-order valence-corrected chi connectivity index (χ3v) is 4.99. The van der Waals surface area contributed by atoms with Gasteiger partial charge in [-0.1, -0.05) is 12.8 Å². The van der Waals surface area contributed by atoms with Crippen LogP contribution >= 0.6 is 12.4 Å². The van der Waals surface area contributed by atoms with Gasteiger partial charge in [0.05, 0.1) is 17.3 Å². The number of carbonyl (C=O) groups is 1. The van der Waals surface area contributed by atoms with Gasteiger partial charge in [-0.15, -0.1) is 12.4 Å². The van der Waals surface area contributed by atoms with Gasteiger partial charge in [0.1, 0.15) is 5.82 Å². The number of benzene rings is 1. The van der Waals surface area contributed by atoms with E-state index in [4.69, 9.17) is 5.73 Å². The lowest BCUT2D eigenvalue weighted by Gasteiger charge is -2.37. The van der Waals surface area contributed by atoms with Crippen molar-refractivity contribution in [1.29, 1.82) is 0 Å². The van der Waals surface area contributed by atoms with Crippen LogP contribution in [0.1, 0.15) is 38.3 Å². The number of hydrogen-bond acceptors (Lipinski definition) is 3. The molecule has 1 aromatic heterocycles. The SMILES string of the molecule is CC1(N)CCCCC1C(=O)NCCc1ccn(-c2ccc(F)cc2)n1.Cl. The summed E-state index contributed by atoms with van der Waals surface area (Å²) >= 11 is 0. The first kappa shape index (κ1) is 20.4. The van der Waals surface area contributed by atoms with Crippen LogP contribution in [0.15, 0.2) is 36.5 Å². The van der Waals surface area contributed by atoms with Crippen LogP contribution in [0.4, 0.5) is 4.39 Å². The smallest absolute Gasteiger partial charge is 0.224 e. The molecule has 1 aromatic carbocycles. The Labute approximate surface area is 159 Å². The summed E-state index contributed by atoms with van der Waals surface area (Å²) in [5.74, 6) is -0.339. The van der Waals surface area contributed by atoms with Gasteiger partial charge in [-0.2, -0.15) is 5.10 Å². The van der Waals surface area contributed by atoms with Gasteiger partial charge in [0.25, 0.3) is 0 Å². The van der Waals surface area contributed by atoms with Crippen molar-refractivity contribution in [3.05, 3.63) is 48.0 Å². The fourth-order valence-corrected chi connectivity index (χ4v) is 3.46. The highest BCUT2D eigenvalue weighted by atomic mass is 35.5. The van der Waals surface area contributed by atoms with Gasteiger partial charge in [-0.05, 0) is 50.1 Å². The topological polar surface area (TPSA) is 72.9 Å². The van der Waals surface area contributed by atoms with E-state index in [-0.39, 0.29) is 30.0 Å². The predicted molar refractivity (Wildman–Crippen MR) is 102 cm³/mol. The van der Waals surface area contributed by atoms with Crippen molar-refractivity contribution in [2.75, 3.05) is 6.54 Å². The molecule has 3 N–H and O–H groups in total. The van der Waals surface area contributed by atoms with Crippen LogP contribution in [-0.2, 0) is 11.2 Å². The van der Waals surface area contributed by atoms with E-state index in [9.17, 15) is 9.18 Å². The Hall–Kier alpha value is -1.92. The molecule has 142 valence electrons. The largest absolute Gasteiger partial charge is 0.355 e. The highest BCUT2D eigenvalue weighted by molar-refractivity contribution is 5.85. The van der Waals surface area contributed by atoms with E-state index in [0.29, 0.717) is 13.0 Å². The van der Waals surface area contributed by atoms with E-state index in [2.05, 4.69) is 10.4 Å². The lowest BCUT2D eigenvalue weighted by molar-refractivity contribution is -0.128. The number of amides is 1. The molecule has 0 spiro atoms. The maximum Gasteiger partial charge on any atom is 0.224 e. The number of nitrogens with two attached hydrogens (primary N) is 1. The molecule has 0 bridgehead atoms. The Morgan fingerprint density at radius 1 is 1.35 bits per heavy atom. The molecule has 1 aliphatic carbocycles. The van der Waals surface area contributed by atoms with E-state index in [0.717, 1.165) is 37.1 Å². The maximum atomic E-state index is 13.0. The molecular weight excluding hydrogens is 355 g/mol. The van der Waals surface area contributed by atoms with Crippen molar-refractivity contribution in [2.45, 2.75) is 44.6 Å². The fourth-order valence-electron chi connectivity index (χ4n) is 3.46. The summed E-state index contributed by atoms with van der Waals surface area (Å²) in [6.07, 6.45) is 6.40. The number of hydrogen-bond donors (Lipinski definition) is 2. The summed E-state index contributed by atoms with van der Waals surface area (Å²) in [6.45, 7) is 2.51. The zero-order valence-corrected chi connectivity index (χ0v) is 15.8. The van der Waals surface area contributed by atoms with Gasteiger partial charge in [0, 0.05) is 24.7 Å². The van der Waals surface area contributed by atoms with E-state index >= 15 is 0 Å². The Morgan fingerprint density at radius 3 is 2.77 bits per heavy atom. The Balaban J connectivity index is 0.00000243. The van der Waals surface area contributed by atoms with E-state index in [1.807, 2.05) is 19.2 Å². The molecule has 0 aliphatic heterocycles. The number of nitrogens with one attached hydrogen (secondary N) is 1. The summed E-state index contributed by atoms with van der Waals surface area (Å²) in [7, 11) is 0. The van der Waals surface area contributed by atoms with Gasteiger partial charge in [0.15, 0.2) is 0 Å². The van der Waals surface area contributed by atoms with Crippen LogP contribution in [0.5, 0.6) is 0 Å². The second-order valence-electron chi connectivity index (χ2n) is 7.07. The molecule has 3 rings (SSSR count). The average Bonchev–Trinajstić information content (AvgIpc) is 3.04. The zero-order valence-electron chi connectivity index (χ0n) is 15.0. The highest BCUT2D eigenvalue weighted by Crippen LogP contribution is 2.31. The Morgan fingerprint density at radius 2 is 2.08 bits per heavy atom. The highest BCUT2D eigenvalue weighted by Gasteiger charge is 2.37. The zero-order chi connectivity index (χ0) is 17.9. The van der Waals surface area contributed by atoms with Crippen molar-refractivity contribution < 1.29 is 9.18 Å². The minimum atomic E-state index is -0.410. The van der Waals surface area contributed by atoms with Gasteiger partial charge in [-0.3, -0.25) is 4.79 Å². The fraction of sp³-hybridized carbons (Fsp3) is 0.474. The Kier molecular flexibility index (Phi) is 6.78. The van der Waals surface area contributed by atoms with E-state index in [1.165, 1.54) is 12.1 Å². The number of halogens is 2. The summed E-state index contributed by atoms with van der Waals surface area (Å²) in [4.78, 5) is 12.4. The lowest BCUT2D eigenvalue weighted by Crippen LogP contribution is -2.53. The molecule has 1 saturated carbocycles.